The number of ether oxygens (including phenoxy) is 2. The van der Waals surface area contributed by atoms with Crippen molar-refractivity contribution in [3.63, 3.8) is 0 Å². The SMILES string of the molecule is CCNC(=NCc1cccc(OCCN(C)CCOC)c1)NCCCn1nc(C)cc1C. The summed E-state index contributed by atoms with van der Waals surface area (Å²) in [5.41, 5.74) is 3.39. The van der Waals surface area contributed by atoms with Gasteiger partial charge in [-0.05, 0) is 58.0 Å². The van der Waals surface area contributed by atoms with Crippen LogP contribution in [0.2, 0.25) is 0 Å². The highest BCUT2D eigenvalue weighted by Crippen LogP contribution is 2.14. The smallest absolute Gasteiger partial charge is 0.191 e. The summed E-state index contributed by atoms with van der Waals surface area (Å²) in [6.45, 7) is 12.5. The third kappa shape index (κ3) is 9.70. The molecule has 2 N–H and O–H groups in total. The van der Waals surface area contributed by atoms with Crippen molar-refractivity contribution in [3.8, 4) is 5.75 Å². The van der Waals surface area contributed by atoms with E-state index in [1.54, 1.807) is 7.11 Å². The van der Waals surface area contributed by atoms with Gasteiger partial charge in [0, 0.05) is 45.5 Å². The lowest BCUT2D eigenvalue weighted by Crippen LogP contribution is -2.38. The summed E-state index contributed by atoms with van der Waals surface area (Å²) in [4.78, 5) is 6.92. The molecule has 0 amide bonds. The minimum Gasteiger partial charge on any atom is -0.492 e. The van der Waals surface area contributed by atoms with Crippen molar-refractivity contribution in [1.29, 1.82) is 0 Å². The first-order chi connectivity index (χ1) is 15.5. The molecule has 0 fully saturated rings. The molecule has 2 rings (SSSR count). The second-order valence-corrected chi connectivity index (χ2v) is 7.92. The standard InChI is InChI=1S/C24H40N6O2/c1-6-25-24(26-11-8-12-30-21(3)17-20(2)28-30)27-19-22-9-7-10-23(18-22)32-16-14-29(4)13-15-31-5/h7,9-10,17-18H,6,8,11-16,19H2,1-5H3,(H2,25,26,27). The number of aliphatic imine (C=N–C) groups is 1. The van der Waals surface area contributed by atoms with Crippen LogP contribution in [-0.4, -0.2) is 74.2 Å². The lowest BCUT2D eigenvalue weighted by molar-refractivity contribution is 0.150. The van der Waals surface area contributed by atoms with Crippen LogP contribution >= 0.6 is 0 Å². The van der Waals surface area contributed by atoms with Gasteiger partial charge in [0.2, 0.25) is 0 Å². The third-order valence-corrected chi connectivity index (χ3v) is 5.02. The average molecular weight is 445 g/mol. The van der Waals surface area contributed by atoms with Crippen LogP contribution in [0.3, 0.4) is 0 Å². The maximum absolute atomic E-state index is 5.91. The zero-order valence-electron chi connectivity index (χ0n) is 20.4. The molecule has 0 atom stereocenters. The Hall–Kier alpha value is -2.58. The van der Waals surface area contributed by atoms with E-state index in [-0.39, 0.29) is 0 Å². The van der Waals surface area contributed by atoms with Gasteiger partial charge in [-0.3, -0.25) is 4.68 Å². The molecule has 32 heavy (non-hydrogen) atoms. The van der Waals surface area contributed by atoms with Gasteiger partial charge in [-0.15, -0.1) is 0 Å². The highest BCUT2D eigenvalue weighted by Gasteiger charge is 2.03. The summed E-state index contributed by atoms with van der Waals surface area (Å²) in [6.07, 6.45) is 0.981. The van der Waals surface area contributed by atoms with Gasteiger partial charge in [0.05, 0.1) is 18.8 Å². The Morgan fingerprint density at radius 2 is 1.97 bits per heavy atom. The van der Waals surface area contributed by atoms with Crippen LogP contribution in [-0.2, 0) is 17.8 Å². The Morgan fingerprint density at radius 1 is 1.16 bits per heavy atom. The minimum absolute atomic E-state index is 0.595. The number of rotatable bonds is 14. The monoisotopic (exact) mass is 444 g/mol. The van der Waals surface area contributed by atoms with Crippen molar-refractivity contribution in [2.24, 2.45) is 4.99 Å². The summed E-state index contributed by atoms with van der Waals surface area (Å²) in [6, 6.07) is 10.3. The summed E-state index contributed by atoms with van der Waals surface area (Å²) in [5.74, 6) is 1.70. The first-order valence-corrected chi connectivity index (χ1v) is 11.4. The molecule has 2 aromatic rings. The molecule has 0 unspecified atom stereocenters. The fraction of sp³-hybridized carbons (Fsp3) is 0.583. The van der Waals surface area contributed by atoms with Crippen LogP contribution in [0.4, 0.5) is 0 Å². The quantitative estimate of drug-likeness (QED) is 0.265. The summed E-state index contributed by atoms with van der Waals surface area (Å²) in [5, 5.41) is 11.2. The van der Waals surface area contributed by atoms with Crippen molar-refractivity contribution in [2.75, 3.05) is 53.6 Å². The van der Waals surface area contributed by atoms with E-state index in [0.717, 1.165) is 68.7 Å². The highest BCUT2D eigenvalue weighted by atomic mass is 16.5. The average Bonchev–Trinajstić information content (AvgIpc) is 3.10. The van der Waals surface area contributed by atoms with Gasteiger partial charge in [-0.1, -0.05) is 12.1 Å². The molecule has 0 radical (unpaired) electrons. The fourth-order valence-electron chi connectivity index (χ4n) is 3.26. The second-order valence-electron chi connectivity index (χ2n) is 7.92. The second kappa shape index (κ2) is 14.5. The van der Waals surface area contributed by atoms with Gasteiger partial charge >= 0.3 is 0 Å². The molecular formula is C24H40N6O2. The first kappa shape index (κ1) is 25.7. The predicted octanol–water partition coefficient (Wildman–Crippen LogP) is 2.60. The molecule has 178 valence electrons. The molecule has 0 spiro atoms. The van der Waals surface area contributed by atoms with E-state index in [1.807, 2.05) is 19.1 Å². The van der Waals surface area contributed by atoms with Gasteiger partial charge in [-0.2, -0.15) is 5.10 Å². The first-order valence-electron chi connectivity index (χ1n) is 11.4. The predicted molar refractivity (Wildman–Crippen MR) is 130 cm³/mol. The Labute approximate surface area is 193 Å². The van der Waals surface area contributed by atoms with Gasteiger partial charge in [-0.25, -0.2) is 4.99 Å². The number of aryl methyl sites for hydroxylation is 3. The number of nitrogens with one attached hydrogen (secondary N) is 2. The zero-order chi connectivity index (χ0) is 23.2. The number of nitrogens with zero attached hydrogens (tertiary/aromatic N) is 4. The molecule has 0 aliphatic rings. The fourth-order valence-corrected chi connectivity index (χ4v) is 3.26. The van der Waals surface area contributed by atoms with Crippen molar-refractivity contribution in [1.82, 2.24) is 25.3 Å². The molecule has 0 aliphatic carbocycles. The Kier molecular flexibility index (Phi) is 11.6. The van der Waals surface area contributed by atoms with E-state index >= 15 is 0 Å². The van der Waals surface area contributed by atoms with Crippen LogP contribution in [0, 0.1) is 13.8 Å². The number of hydrogen-bond acceptors (Lipinski definition) is 5. The van der Waals surface area contributed by atoms with Crippen molar-refractivity contribution in [3.05, 3.63) is 47.3 Å². The summed E-state index contributed by atoms with van der Waals surface area (Å²) >= 11 is 0. The van der Waals surface area contributed by atoms with Gasteiger partial charge in [0.25, 0.3) is 0 Å². The van der Waals surface area contributed by atoms with Crippen LogP contribution in [0.1, 0.15) is 30.3 Å². The number of hydrogen-bond donors (Lipinski definition) is 2. The highest BCUT2D eigenvalue weighted by molar-refractivity contribution is 5.79. The van der Waals surface area contributed by atoms with Gasteiger partial charge in [0.1, 0.15) is 12.4 Å². The summed E-state index contributed by atoms with van der Waals surface area (Å²) < 4.78 is 13.1. The normalized spacial score (nSPS) is 11.8. The van der Waals surface area contributed by atoms with Crippen LogP contribution in [0.15, 0.2) is 35.3 Å². The number of likely N-dealkylation sites (N-methyl/N-ethyl adjacent to an activating group) is 1. The largest absolute Gasteiger partial charge is 0.492 e. The van der Waals surface area contributed by atoms with Crippen molar-refractivity contribution in [2.45, 2.75) is 40.3 Å². The number of guanidine groups is 1. The lowest BCUT2D eigenvalue weighted by atomic mass is 10.2. The van der Waals surface area contributed by atoms with Gasteiger partial charge in [0.15, 0.2) is 5.96 Å². The molecule has 8 nitrogen and oxygen atoms in total. The van der Waals surface area contributed by atoms with E-state index < -0.39 is 0 Å². The molecule has 0 aliphatic heterocycles. The van der Waals surface area contributed by atoms with Crippen molar-refractivity contribution < 1.29 is 9.47 Å². The Balaban J connectivity index is 1.78. The Bertz CT molecular complexity index is 821. The van der Waals surface area contributed by atoms with Gasteiger partial charge < -0.3 is 25.0 Å². The molecule has 0 bridgehead atoms. The molecule has 0 saturated heterocycles. The van der Waals surface area contributed by atoms with E-state index in [2.05, 4.69) is 64.4 Å². The molecular weight excluding hydrogens is 404 g/mol. The lowest BCUT2D eigenvalue weighted by Gasteiger charge is -2.16. The topological polar surface area (TPSA) is 75.9 Å². The molecule has 1 aromatic heterocycles. The molecule has 0 saturated carbocycles. The number of aromatic nitrogens is 2. The third-order valence-electron chi connectivity index (χ3n) is 5.02. The van der Waals surface area contributed by atoms with E-state index in [1.165, 1.54) is 5.69 Å². The zero-order valence-corrected chi connectivity index (χ0v) is 20.4. The minimum atomic E-state index is 0.595. The molecule has 1 aromatic carbocycles. The van der Waals surface area contributed by atoms with Crippen LogP contribution in [0.25, 0.3) is 0 Å². The number of benzene rings is 1. The van der Waals surface area contributed by atoms with Crippen molar-refractivity contribution >= 4 is 5.96 Å². The molecule has 8 heteroatoms. The summed E-state index contributed by atoms with van der Waals surface area (Å²) in [7, 11) is 3.79. The Morgan fingerprint density at radius 3 is 2.69 bits per heavy atom. The maximum Gasteiger partial charge on any atom is 0.191 e. The molecule has 1 heterocycles. The van der Waals surface area contributed by atoms with Crippen LogP contribution < -0.4 is 15.4 Å². The van der Waals surface area contributed by atoms with E-state index in [9.17, 15) is 0 Å². The number of methoxy groups -OCH3 is 1. The van der Waals surface area contributed by atoms with Crippen LogP contribution in [0.5, 0.6) is 5.75 Å². The van der Waals surface area contributed by atoms with E-state index in [0.29, 0.717) is 13.2 Å². The van der Waals surface area contributed by atoms with E-state index in [4.69, 9.17) is 14.5 Å². The maximum atomic E-state index is 5.91.